The van der Waals surface area contributed by atoms with Gasteiger partial charge in [0, 0.05) is 6.42 Å². The van der Waals surface area contributed by atoms with Crippen LogP contribution in [-0.2, 0) is 35.2 Å². The molecular weight excluding hydrogens is 486 g/mol. The monoisotopic (exact) mass is 521 g/mol. The molecule has 0 spiro atoms. The van der Waals surface area contributed by atoms with Crippen molar-refractivity contribution in [1.82, 2.24) is 16.0 Å². The lowest BCUT2D eigenvalue weighted by Gasteiger charge is -2.26. The van der Waals surface area contributed by atoms with Crippen molar-refractivity contribution in [3.8, 4) is 0 Å². The topological polar surface area (TPSA) is 231 Å². The summed E-state index contributed by atoms with van der Waals surface area (Å²) in [6.07, 6.45) is -1.12. The van der Waals surface area contributed by atoms with Crippen molar-refractivity contribution >= 4 is 35.6 Å². The molecule has 0 saturated heterocycles. The van der Waals surface area contributed by atoms with Crippen LogP contribution < -0.4 is 27.4 Å². The van der Waals surface area contributed by atoms with Crippen LogP contribution >= 0.6 is 0 Å². The van der Waals surface area contributed by atoms with Gasteiger partial charge in [0.15, 0.2) is 0 Å². The maximum atomic E-state index is 13.0. The normalized spacial score (nSPS) is 14.1. The molecule has 1 rings (SSSR count). The van der Waals surface area contributed by atoms with Crippen molar-refractivity contribution in [2.75, 3.05) is 0 Å². The van der Waals surface area contributed by atoms with Gasteiger partial charge in [0.2, 0.25) is 23.6 Å². The molecule has 0 aliphatic rings. The first-order valence-electron chi connectivity index (χ1n) is 11.7. The number of nitrogens with one attached hydrogen (secondary N) is 3. The average Bonchev–Trinajstić information content (AvgIpc) is 2.80. The van der Waals surface area contributed by atoms with E-state index in [0.717, 1.165) is 5.56 Å². The van der Waals surface area contributed by atoms with Gasteiger partial charge in [0.05, 0.1) is 12.5 Å². The van der Waals surface area contributed by atoms with E-state index in [9.17, 15) is 33.9 Å². The molecule has 4 atom stereocenters. The molecule has 9 N–H and O–H groups in total. The van der Waals surface area contributed by atoms with Crippen molar-refractivity contribution in [2.45, 2.75) is 70.1 Å². The lowest BCUT2D eigenvalue weighted by molar-refractivity contribution is -0.144. The minimum atomic E-state index is -1.60. The summed E-state index contributed by atoms with van der Waals surface area (Å²) in [6.45, 7) is 3.52. The van der Waals surface area contributed by atoms with Gasteiger partial charge in [0.25, 0.3) is 0 Å². The van der Waals surface area contributed by atoms with Crippen LogP contribution in [0.5, 0.6) is 0 Å². The van der Waals surface area contributed by atoms with E-state index in [2.05, 4.69) is 16.0 Å². The summed E-state index contributed by atoms with van der Waals surface area (Å²) < 4.78 is 0. The van der Waals surface area contributed by atoms with Gasteiger partial charge in [-0.25, -0.2) is 4.79 Å². The van der Waals surface area contributed by atoms with Gasteiger partial charge in [0.1, 0.15) is 18.1 Å². The standard InChI is InChI=1S/C24H35N5O8/c1-13(2)10-17(23(35)29-18(24(36)37)12-19(26)30)28-22(34)16(8-9-20(31)32)27-21(33)15(25)11-14-6-4-3-5-7-14/h3-7,13,15-18H,8-12,25H2,1-2H3,(H2,26,30)(H,27,33)(H,28,34)(H,29,35)(H,31,32)(H,36,37). The Kier molecular flexibility index (Phi) is 12.7. The van der Waals surface area contributed by atoms with Gasteiger partial charge in [-0.05, 0) is 30.7 Å². The number of primary amides is 1. The number of carboxylic acid groups (broad SMARTS) is 2. The first-order valence-corrected chi connectivity index (χ1v) is 11.7. The van der Waals surface area contributed by atoms with Crippen molar-refractivity contribution in [3.05, 3.63) is 35.9 Å². The number of rotatable bonds is 16. The molecule has 204 valence electrons. The number of hydrogen-bond acceptors (Lipinski definition) is 7. The Balaban J connectivity index is 3.00. The minimum Gasteiger partial charge on any atom is -0.481 e. The van der Waals surface area contributed by atoms with Crippen LogP contribution in [0.1, 0.15) is 45.1 Å². The molecule has 0 heterocycles. The summed E-state index contributed by atoms with van der Waals surface area (Å²) in [7, 11) is 0. The predicted octanol–water partition coefficient (Wildman–Crippen LogP) is -1.12. The largest absolute Gasteiger partial charge is 0.481 e. The van der Waals surface area contributed by atoms with Crippen LogP contribution in [0.3, 0.4) is 0 Å². The molecule has 0 bridgehead atoms. The molecule has 0 fully saturated rings. The maximum absolute atomic E-state index is 13.0. The first-order chi connectivity index (χ1) is 17.3. The number of carbonyl (C=O) groups excluding carboxylic acids is 4. The molecule has 0 aliphatic heterocycles. The second kappa shape index (κ2) is 15.2. The Bertz CT molecular complexity index is 969. The third kappa shape index (κ3) is 12.0. The Morgan fingerprint density at radius 3 is 1.89 bits per heavy atom. The van der Waals surface area contributed by atoms with Crippen LogP contribution in [0.25, 0.3) is 0 Å². The third-order valence-electron chi connectivity index (χ3n) is 5.28. The molecule has 4 amide bonds. The summed E-state index contributed by atoms with van der Waals surface area (Å²) in [4.78, 5) is 72.1. The van der Waals surface area contributed by atoms with E-state index >= 15 is 0 Å². The van der Waals surface area contributed by atoms with Crippen molar-refractivity contribution in [2.24, 2.45) is 17.4 Å². The van der Waals surface area contributed by atoms with Crippen molar-refractivity contribution in [1.29, 1.82) is 0 Å². The molecule has 0 saturated carbocycles. The van der Waals surface area contributed by atoms with Gasteiger partial charge < -0.3 is 37.6 Å². The summed E-state index contributed by atoms with van der Waals surface area (Å²) in [6, 6.07) is 3.73. The Hall–Kier alpha value is -4.00. The highest BCUT2D eigenvalue weighted by molar-refractivity contribution is 5.95. The lowest BCUT2D eigenvalue weighted by atomic mass is 10.0. The highest BCUT2D eigenvalue weighted by Crippen LogP contribution is 2.09. The second-order valence-corrected chi connectivity index (χ2v) is 9.05. The van der Waals surface area contributed by atoms with Gasteiger partial charge >= 0.3 is 11.9 Å². The minimum absolute atomic E-state index is 0.0909. The molecule has 13 nitrogen and oxygen atoms in total. The molecule has 1 aromatic rings. The lowest BCUT2D eigenvalue weighted by Crippen LogP contribution is -2.57. The van der Waals surface area contributed by atoms with Crippen molar-refractivity contribution < 1.29 is 39.0 Å². The molecule has 0 radical (unpaired) electrons. The van der Waals surface area contributed by atoms with E-state index < -0.39 is 72.6 Å². The molecular formula is C24H35N5O8. The Morgan fingerprint density at radius 2 is 1.38 bits per heavy atom. The molecule has 0 aliphatic carbocycles. The quantitative estimate of drug-likeness (QED) is 0.139. The van der Waals surface area contributed by atoms with Crippen LogP contribution in [0, 0.1) is 5.92 Å². The Morgan fingerprint density at radius 1 is 0.838 bits per heavy atom. The van der Waals surface area contributed by atoms with E-state index in [1.165, 1.54) is 0 Å². The highest BCUT2D eigenvalue weighted by Gasteiger charge is 2.31. The number of nitrogens with two attached hydrogens (primary N) is 2. The third-order valence-corrected chi connectivity index (χ3v) is 5.28. The number of carbonyl (C=O) groups is 6. The van der Waals surface area contributed by atoms with Crippen LogP contribution in [-0.4, -0.2) is 69.9 Å². The fourth-order valence-corrected chi connectivity index (χ4v) is 3.42. The molecule has 1 aromatic carbocycles. The van der Waals surface area contributed by atoms with Gasteiger partial charge in [-0.3, -0.25) is 24.0 Å². The number of amides is 4. The van der Waals surface area contributed by atoms with Gasteiger partial charge in [-0.15, -0.1) is 0 Å². The van der Waals surface area contributed by atoms with Crippen LogP contribution in [0.15, 0.2) is 30.3 Å². The number of hydrogen-bond donors (Lipinski definition) is 7. The number of carboxylic acids is 2. The maximum Gasteiger partial charge on any atom is 0.326 e. The summed E-state index contributed by atoms with van der Waals surface area (Å²) >= 11 is 0. The smallest absolute Gasteiger partial charge is 0.326 e. The Labute approximate surface area is 214 Å². The van der Waals surface area contributed by atoms with Crippen LogP contribution in [0.4, 0.5) is 0 Å². The van der Waals surface area contributed by atoms with E-state index in [0.29, 0.717) is 0 Å². The molecule has 0 aromatic heterocycles. The first kappa shape index (κ1) is 31.0. The fourth-order valence-electron chi connectivity index (χ4n) is 3.42. The zero-order chi connectivity index (χ0) is 28.1. The second-order valence-electron chi connectivity index (χ2n) is 9.05. The van der Waals surface area contributed by atoms with E-state index in [1.807, 2.05) is 0 Å². The summed E-state index contributed by atoms with van der Waals surface area (Å²) in [5.41, 5.74) is 11.8. The van der Waals surface area contributed by atoms with E-state index in [4.69, 9.17) is 16.6 Å². The van der Waals surface area contributed by atoms with Crippen LogP contribution in [0.2, 0.25) is 0 Å². The van der Waals surface area contributed by atoms with E-state index in [1.54, 1.807) is 44.2 Å². The predicted molar refractivity (Wildman–Crippen MR) is 132 cm³/mol. The molecule has 37 heavy (non-hydrogen) atoms. The molecule has 13 heteroatoms. The summed E-state index contributed by atoms with van der Waals surface area (Å²) in [5.74, 6) is -6.16. The number of aliphatic carboxylic acids is 2. The number of benzene rings is 1. The van der Waals surface area contributed by atoms with E-state index in [-0.39, 0.29) is 25.2 Å². The van der Waals surface area contributed by atoms with Gasteiger partial charge in [-0.2, -0.15) is 0 Å². The highest BCUT2D eigenvalue weighted by atomic mass is 16.4. The zero-order valence-electron chi connectivity index (χ0n) is 20.8. The van der Waals surface area contributed by atoms with Crippen molar-refractivity contribution in [3.63, 3.8) is 0 Å². The SMILES string of the molecule is CC(C)CC(NC(=O)C(CCC(=O)O)NC(=O)C(N)Cc1ccccc1)C(=O)NC(CC(N)=O)C(=O)O. The summed E-state index contributed by atoms with van der Waals surface area (Å²) in [5, 5.41) is 25.4. The fraction of sp³-hybridized carbons (Fsp3) is 0.500. The van der Waals surface area contributed by atoms with Gasteiger partial charge in [-0.1, -0.05) is 44.2 Å². The zero-order valence-corrected chi connectivity index (χ0v) is 20.8. The molecule has 4 unspecified atom stereocenters. The average molecular weight is 522 g/mol.